The second kappa shape index (κ2) is 7.48. The van der Waals surface area contributed by atoms with E-state index in [2.05, 4.69) is 53.5 Å². The minimum absolute atomic E-state index is 0.826. The number of aryl methyl sites for hydroxylation is 2. The summed E-state index contributed by atoms with van der Waals surface area (Å²) in [6.07, 6.45) is 14.9. The first kappa shape index (κ1) is 15.8. The van der Waals surface area contributed by atoms with Crippen molar-refractivity contribution in [2.24, 2.45) is 4.99 Å². The summed E-state index contributed by atoms with van der Waals surface area (Å²) in [4.78, 5) is 3.97. The highest BCUT2D eigenvalue weighted by Gasteiger charge is 2.13. The molecule has 0 fully saturated rings. The fraction of sp³-hybridized carbons (Fsp3) is 0.208. The number of allylic oxidation sites excluding steroid dienone is 3. The first-order chi connectivity index (χ1) is 12.4. The topological polar surface area (TPSA) is 12.4 Å². The summed E-state index contributed by atoms with van der Waals surface area (Å²) in [6.45, 7) is 0.826. The van der Waals surface area contributed by atoms with Gasteiger partial charge in [-0.3, -0.25) is 4.99 Å². The number of hydrogen-bond acceptors (Lipinski definition) is 1. The quantitative estimate of drug-likeness (QED) is 0.446. The maximum Gasteiger partial charge on any atom is 0.0573 e. The van der Waals surface area contributed by atoms with Crippen LogP contribution in [0.1, 0.15) is 24.0 Å². The van der Waals surface area contributed by atoms with E-state index in [1.807, 2.05) is 24.3 Å². The van der Waals surface area contributed by atoms with Gasteiger partial charge in [-0.2, -0.15) is 0 Å². The Labute approximate surface area is 149 Å². The van der Waals surface area contributed by atoms with Gasteiger partial charge in [0.05, 0.1) is 6.54 Å². The SMILES string of the molecule is C1=CC=NCC=C1.c1ccc2c(c1)ccc1c3c(ccc12)CCCC3. The lowest BCUT2D eigenvalue weighted by molar-refractivity contribution is 0.690. The Hall–Kier alpha value is -2.67. The Kier molecular flexibility index (Phi) is 4.74. The van der Waals surface area contributed by atoms with Crippen LogP contribution in [0.2, 0.25) is 0 Å². The van der Waals surface area contributed by atoms with Crippen LogP contribution in [0.5, 0.6) is 0 Å². The van der Waals surface area contributed by atoms with Gasteiger partial charge in [0.2, 0.25) is 0 Å². The summed E-state index contributed by atoms with van der Waals surface area (Å²) in [5.41, 5.74) is 3.17. The molecule has 0 atom stereocenters. The van der Waals surface area contributed by atoms with E-state index < -0.39 is 0 Å². The van der Waals surface area contributed by atoms with Gasteiger partial charge in [0, 0.05) is 6.21 Å². The Balaban J connectivity index is 0.000000190. The molecule has 0 unspecified atom stereocenters. The number of rotatable bonds is 0. The van der Waals surface area contributed by atoms with Crippen molar-refractivity contribution in [2.45, 2.75) is 25.7 Å². The number of hydrogen-bond donors (Lipinski definition) is 0. The zero-order chi connectivity index (χ0) is 16.9. The number of nitrogens with zero attached hydrogens (tertiary/aromatic N) is 1. The smallest absolute Gasteiger partial charge is 0.0573 e. The molecule has 0 spiro atoms. The van der Waals surface area contributed by atoms with Crippen LogP contribution in [0.15, 0.2) is 77.8 Å². The number of fused-ring (bicyclic) bond motifs is 5. The molecule has 0 N–H and O–H groups in total. The molecule has 124 valence electrons. The van der Waals surface area contributed by atoms with Crippen molar-refractivity contribution in [3.8, 4) is 0 Å². The predicted molar refractivity (Wildman–Crippen MR) is 110 cm³/mol. The number of aliphatic imine (C=N–C) groups is 1. The van der Waals surface area contributed by atoms with Crippen LogP contribution in [0.25, 0.3) is 21.5 Å². The molecule has 0 saturated carbocycles. The molecule has 25 heavy (non-hydrogen) atoms. The maximum atomic E-state index is 3.97. The average Bonchev–Trinajstić information content (AvgIpc) is 3.01. The molecule has 1 heteroatoms. The fourth-order valence-electron chi connectivity index (χ4n) is 3.78. The summed E-state index contributed by atoms with van der Waals surface area (Å²) in [5.74, 6) is 0. The van der Waals surface area contributed by atoms with Crippen LogP contribution in [-0.4, -0.2) is 12.8 Å². The summed E-state index contributed by atoms with van der Waals surface area (Å²) in [6, 6.07) is 18.0. The van der Waals surface area contributed by atoms with Crippen molar-refractivity contribution < 1.29 is 0 Å². The molecule has 1 aliphatic carbocycles. The third kappa shape index (κ3) is 3.41. The second-order valence-electron chi connectivity index (χ2n) is 6.62. The van der Waals surface area contributed by atoms with Crippen molar-refractivity contribution in [3.63, 3.8) is 0 Å². The van der Waals surface area contributed by atoms with E-state index in [1.165, 1.54) is 47.2 Å². The predicted octanol–water partition coefficient (Wildman–Crippen LogP) is 6.06. The lowest BCUT2D eigenvalue weighted by Gasteiger charge is -2.18. The molecule has 0 amide bonds. The lowest BCUT2D eigenvalue weighted by Crippen LogP contribution is -2.02. The van der Waals surface area contributed by atoms with Gasteiger partial charge in [0.1, 0.15) is 0 Å². The van der Waals surface area contributed by atoms with Crippen LogP contribution in [-0.2, 0) is 12.8 Å². The summed E-state index contributed by atoms with van der Waals surface area (Å²) in [7, 11) is 0. The zero-order valence-electron chi connectivity index (χ0n) is 14.5. The molecule has 5 rings (SSSR count). The second-order valence-corrected chi connectivity index (χ2v) is 6.62. The third-order valence-electron chi connectivity index (χ3n) is 5.02. The molecule has 3 aromatic carbocycles. The maximum absolute atomic E-state index is 3.97. The van der Waals surface area contributed by atoms with Gasteiger partial charge in [-0.05, 0) is 64.4 Å². The van der Waals surface area contributed by atoms with Crippen LogP contribution >= 0.6 is 0 Å². The zero-order valence-corrected chi connectivity index (χ0v) is 14.5. The molecular weight excluding hydrogens is 302 g/mol. The minimum Gasteiger partial charge on any atom is -0.289 e. The molecule has 1 aliphatic heterocycles. The van der Waals surface area contributed by atoms with Gasteiger partial charge in [0.15, 0.2) is 0 Å². The summed E-state index contributed by atoms with van der Waals surface area (Å²) < 4.78 is 0. The van der Waals surface area contributed by atoms with E-state index in [-0.39, 0.29) is 0 Å². The van der Waals surface area contributed by atoms with Gasteiger partial charge in [-0.1, -0.05) is 66.8 Å². The van der Waals surface area contributed by atoms with E-state index in [4.69, 9.17) is 0 Å². The van der Waals surface area contributed by atoms with Crippen molar-refractivity contribution in [2.75, 3.05) is 6.54 Å². The molecule has 1 heterocycles. The largest absolute Gasteiger partial charge is 0.289 e. The normalized spacial score (nSPS) is 15.5. The van der Waals surface area contributed by atoms with Crippen LogP contribution in [0, 0.1) is 0 Å². The molecule has 0 radical (unpaired) electrons. The van der Waals surface area contributed by atoms with Crippen molar-refractivity contribution >= 4 is 27.8 Å². The van der Waals surface area contributed by atoms with Crippen LogP contribution in [0.4, 0.5) is 0 Å². The summed E-state index contributed by atoms with van der Waals surface area (Å²) in [5, 5.41) is 5.64. The highest BCUT2D eigenvalue weighted by atomic mass is 14.7. The van der Waals surface area contributed by atoms with Gasteiger partial charge >= 0.3 is 0 Å². The van der Waals surface area contributed by atoms with Crippen molar-refractivity contribution in [1.82, 2.24) is 0 Å². The molecule has 3 aromatic rings. The standard InChI is InChI=1S/C18H16.C6H7N/c1-3-7-15-13(5-1)9-11-18-16-8-4-2-6-14(16)10-12-17(15)18;1-2-4-6-7-5-3-1/h1,3,5,7,9-12H,2,4,6,8H2;1-5H,6H2. The Morgan fingerprint density at radius 3 is 2.56 bits per heavy atom. The minimum atomic E-state index is 0.826. The molecular formula is C24H23N. The highest BCUT2D eigenvalue weighted by molar-refractivity contribution is 6.08. The molecule has 1 nitrogen and oxygen atoms in total. The van der Waals surface area contributed by atoms with Crippen LogP contribution in [0.3, 0.4) is 0 Å². The first-order valence-corrected chi connectivity index (χ1v) is 9.17. The average molecular weight is 325 g/mol. The first-order valence-electron chi connectivity index (χ1n) is 9.17. The molecule has 2 aliphatic rings. The molecule has 0 bridgehead atoms. The Morgan fingerprint density at radius 1 is 0.680 bits per heavy atom. The summed E-state index contributed by atoms with van der Waals surface area (Å²) >= 11 is 0. The number of benzene rings is 3. The monoisotopic (exact) mass is 325 g/mol. The highest BCUT2D eigenvalue weighted by Crippen LogP contribution is 2.33. The van der Waals surface area contributed by atoms with Crippen molar-refractivity contribution in [1.29, 1.82) is 0 Å². The Bertz CT molecular complexity index is 962. The van der Waals surface area contributed by atoms with E-state index in [1.54, 1.807) is 17.3 Å². The van der Waals surface area contributed by atoms with Crippen molar-refractivity contribution in [3.05, 3.63) is 84.0 Å². The van der Waals surface area contributed by atoms with E-state index in [0.717, 1.165) is 6.54 Å². The van der Waals surface area contributed by atoms with Gasteiger partial charge in [-0.25, -0.2) is 0 Å². The lowest BCUT2D eigenvalue weighted by atomic mass is 9.86. The van der Waals surface area contributed by atoms with E-state index in [0.29, 0.717) is 0 Å². The van der Waals surface area contributed by atoms with E-state index in [9.17, 15) is 0 Å². The van der Waals surface area contributed by atoms with E-state index >= 15 is 0 Å². The van der Waals surface area contributed by atoms with Gasteiger partial charge in [-0.15, -0.1) is 0 Å². The Morgan fingerprint density at radius 2 is 1.56 bits per heavy atom. The molecule has 0 saturated heterocycles. The van der Waals surface area contributed by atoms with Gasteiger partial charge in [0.25, 0.3) is 0 Å². The third-order valence-corrected chi connectivity index (χ3v) is 5.02. The van der Waals surface area contributed by atoms with Gasteiger partial charge < -0.3 is 0 Å². The van der Waals surface area contributed by atoms with Crippen LogP contribution < -0.4 is 0 Å². The molecule has 0 aromatic heterocycles. The fourth-order valence-corrected chi connectivity index (χ4v) is 3.78.